The molecule has 4 aromatic rings. The van der Waals surface area contributed by atoms with Crippen LogP contribution in [-0.4, -0.2) is 26.4 Å². The Balaban J connectivity index is 1.54. The van der Waals surface area contributed by atoms with E-state index in [0.29, 0.717) is 33.9 Å². The van der Waals surface area contributed by atoms with Crippen molar-refractivity contribution in [1.82, 2.24) is 14.8 Å². The van der Waals surface area contributed by atoms with Gasteiger partial charge in [-0.25, -0.2) is 0 Å². The number of nitrogens with zero attached hydrogens (tertiary/aromatic N) is 3. The van der Waals surface area contributed by atoms with Crippen molar-refractivity contribution in [2.45, 2.75) is 11.7 Å². The van der Waals surface area contributed by atoms with Crippen LogP contribution in [0.25, 0.3) is 11.4 Å². The van der Waals surface area contributed by atoms with E-state index in [2.05, 4.69) is 31.4 Å². The summed E-state index contributed by atoms with van der Waals surface area (Å²) in [6.07, 6.45) is 0. The van der Waals surface area contributed by atoms with E-state index in [1.54, 1.807) is 12.1 Å². The summed E-state index contributed by atoms with van der Waals surface area (Å²) in [5.74, 6) is 0.705. The van der Waals surface area contributed by atoms with Crippen molar-refractivity contribution in [3.8, 4) is 11.4 Å². The summed E-state index contributed by atoms with van der Waals surface area (Å²) >= 11 is 10.9. The summed E-state index contributed by atoms with van der Waals surface area (Å²) in [6.45, 7) is 0.579. The van der Waals surface area contributed by atoms with Crippen molar-refractivity contribution in [3.63, 3.8) is 0 Å². The Labute approximate surface area is 203 Å². The summed E-state index contributed by atoms with van der Waals surface area (Å²) < 4.78 is 2.85. The fraction of sp³-hybridized carbons (Fsp3) is 0.0870. The molecule has 0 aliphatic rings. The Hall–Kier alpha value is -2.81. The number of thioether (sulfide) groups is 1. The Bertz CT molecular complexity index is 1230. The summed E-state index contributed by atoms with van der Waals surface area (Å²) in [5, 5.41) is 12.7. The second kappa shape index (κ2) is 10.2. The van der Waals surface area contributed by atoms with Crippen LogP contribution in [0.2, 0.25) is 5.02 Å². The SMILES string of the molecule is Nc1ccc(-c2nnc(SCC(=O)Nc3ccc(Br)cc3Cl)n2Cc2ccccc2)cc1. The second-order valence-electron chi connectivity index (χ2n) is 6.96. The van der Waals surface area contributed by atoms with Crippen molar-refractivity contribution >= 4 is 56.6 Å². The number of nitrogen functional groups attached to an aromatic ring is 1. The van der Waals surface area contributed by atoms with Crippen LogP contribution in [0.4, 0.5) is 11.4 Å². The third-order valence-corrected chi connectivity index (χ3v) is 6.38. The van der Waals surface area contributed by atoms with Crippen molar-refractivity contribution in [3.05, 3.63) is 87.9 Å². The van der Waals surface area contributed by atoms with Gasteiger partial charge in [-0.1, -0.05) is 69.6 Å². The van der Waals surface area contributed by atoms with Crippen LogP contribution >= 0.6 is 39.3 Å². The van der Waals surface area contributed by atoms with Gasteiger partial charge in [-0.2, -0.15) is 0 Å². The van der Waals surface area contributed by atoms with Crippen LogP contribution in [0.1, 0.15) is 5.56 Å². The van der Waals surface area contributed by atoms with Crippen LogP contribution in [0.15, 0.2) is 82.4 Å². The lowest BCUT2D eigenvalue weighted by atomic mass is 10.2. The van der Waals surface area contributed by atoms with E-state index in [1.807, 2.05) is 65.2 Å². The number of nitrogens with one attached hydrogen (secondary N) is 1. The van der Waals surface area contributed by atoms with E-state index in [0.717, 1.165) is 15.6 Å². The molecule has 0 aliphatic carbocycles. The smallest absolute Gasteiger partial charge is 0.234 e. The van der Waals surface area contributed by atoms with Crippen LogP contribution < -0.4 is 11.1 Å². The number of halogens is 2. The monoisotopic (exact) mass is 527 g/mol. The third kappa shape index (κ3) is 5.51. The maximum atomic E-state index is 12.5. The number of amides is 1. The van der Waals surface area contributed by atoms with Gasteiger partial charge in [0, 0.05) is 15.7 Å². The summed E-state index contributed by atoms with van der Waals surface area (Å²) in [5.41, 5.74) is 9.09. The molecule has 1 heterocycles. The van der Waals surface area contributed by atoms with Crippen molar-refractivity contribution in [1.29, 1.82) is 0 Å². The maximum absolute atomic E-state index is 12.5. The van der Waals surface area contributed by atoms with Crippen molar-refractivity contribution in [2.75, 3.05) is 16.8 Å². The number of rotatable bonds is 7. The zero-order valence-electron chi connectivity index (χ0n) is 16.8. The zero-order chi connectivity index (χ0) is 22.5. The quantitative estimate of drug-likeness (QED) is 0.237. The van der Waals surface area contributed by atoms with E-state index in [4.69, 9.17) is 17.3 Å². The lowest BCUT2D eigenvalue weighted by Crippen LogP contribution is -2.15. The lowest BCUT2D eigenvalue weighted by molar-refractivity contribution is -0.113. The average Bonchev–Trinajstić information content (AvgIpc) is 3.18. The third-order valence-electron chi connectivity index (χ3n) is 4.61. The Morgan fingerprint density at radius 1 is 1.06 bits per heavy atom. The molecule has 1 amide bonds. The van der Waals surface area contributed by atoms with Crippen LogP contribution in [0, 0.1) is 0 Å². The van der Waals surface area contributed by atoms with E-state index in [1.165, 1.54) is 11.8 Å². The predicted octanol–water partition coefficient (Wildman–Crippen LogP) is 5.72. The van der Waals surface area contributed by atoms with E-state index >= 15 is 0 Å². The molecule has 6 nitrogen and oxygen atoms in total. The van der Waals surface area contributed by atoms with E-state index in [-0.39, 0.29) is 11.7 Å². The molecule has 3 N–H and O–H groups in total. The number of hydrogen-bond donors (Lipinski definition) is 2. The largest absolute Gasteiger partial charge is 0.399 e. The molecule has 1 aromatic heterocycles. The van der Waals surface area contributed by atoms with Gasteiger partial charge < -0.3 is 11.1 Å². The van der Waals surface area contributed by atoms with Crippen molar-refractivity contribution in [2.24, 2.45) is 0 Å². The molecular weight excluding hydrogens is 510 g/mol. The number of carbonyl (C=O) groups is 1. The number of hydrogen-bond acceptors (Lipinski definition) is 5. The first kappa shape index (κ1) is 22.4. The van der Waals surface area contributed by atoms with Crippen LogP contribution in [-0.2, 0) is 11.3 Å². The predicted molar refractivity (Wildman–Crippen MR) is 134 cm³/mol. The first-order valence-electron chi connectivity index (χ1n) is 9.70. The highest BCUT2D eigenvalue weighted by Crippen LogP contribution is 2.28. The molecular formula is C23H19BrClN5OS. The zero-order valence-corrected chi connectivity index (χ0v) is 20.0. The highest BCUT2D eigenvalue weighted by atomic mass is 79.9. The average molecular weight is 529 g/mol. The first-order chi connectivity index (χ1) is 15.5. The standard InChI is InChI=1S/C23H19BrClN5OS/c24-17-8-11-20(19(25)12-17)27-21(31)14-32-23-29-28-22(16-6-9-18(26)10-7-16)30(23)13-15-4-2-1-3-5-15/h1-12H,13-14,26H2,(H,27,31). The number of anilines is 2. The summed E-state index contributed by atoms with van der Waals surface area (Å²) in [7, 11) is 0. The number of nitrogens with two attached hydrogens (primary N) is 1. The number of benzene rings is 3. The molecule has 0 bridgehead atoms. The minimum atomic E-state index is -0.178. The molecule has 3 aromatic carbocycles. The van der Waals surface area contributed by atoms with Crippen LogP contribution in [0.3, 0.4) is 0 Å². The van der Waals surface area contributed by atoms with Gasteiger partial charge in [0.25, 0.3) is 0 Å². The molecule has 9 heteroatoms. The number of aromatic nitrogens is 3. The first-order valence-corrected chi connectivity index (χ1v) is 11.9. The van der Waals surface area contributed by atoms with E-state index in [9.17, 15) is 4.79 Å². The molecule has 32 heavy (non-hydrogen) atoms. The van der Waals surface area contributed by atoms with Gasteiger partial charge in [0.15, 0.2) is 11.0 Å². The molecule has 4 rings (SSSR count). The fourth-order valence-corrected chi connectivity index (χ4v) is 4.52. The van der Waals surface area contributed by atoms with Gasteiger partial charge in [-0.15, -0.1) is 10.2 Å². The minimum Gasteiger partial charge on any atom is -0.399 e. The van der Waals surface area contributed by atoms with Gasteiger partial charge in [0.2, 0.25) is 5.91 Å². The molecule has 0 radical (unpaired) electrons. The number of carbonyl (C=O) groups excluding carboxylic acids is 1. The summed E-state index contributed by atoms with van der Waals surface area (Å²) in [4.78, 5) is 12.5. The van der Waals surface area contributed by atoms with Gasteiger partial charge >= 0.3 is 0 Å². The molecule has 0 atom stereocenters. The van der Waals surface area contributed by atoms with Gasteiger partial charge in [0.05, 0.1) is 23.0 Å². The fourth-order valence-electron chi connectivity index (χ4n) is 3.06. The molecule has 162 valence electrons. The second-order valence-corrected chi connectivity index (χ2v) is 9.23. The molecule has 0 saturated heterocycles. The molecule has 0 fully saturated rings. The Morgan fingerprint density at radius 2 is 1.81 bits per heavy atom. The molecule has 0 spiro atoms. The highest BCUT2D eigenvalue weighted by molar-refractivity contribution is 9.10. The Kier molecular flexibility index (Phi) is 7.14. The lowest BCUT2D eigenvalue weighted by Gasteiger charge is -2.11. The molecule has 0 unspecified atom stereocenters. The van der Waals surface area contributed by atoms with Gasteiger partial charge in [0.1, 0.15) is 0 Å². The van der Waals surface area contributed by atoms with E-state index < -0.39 is 0 Å². The highest BCUT2D eigenvalue weighted by Gasteiger charge is 2.17. The normalized spacial score (nSPS) is 10.8. The van der Waals surface area contributed by atoms with Gasteiger partial charge in [-0.3, -0.25) is 9.36 Å². The van der Waals surface area contributed by atoms with Gasteiger partial charge in [-0.05, 0) is 48.0 Å². The molecule has 0 saturated carbocycles. The van der Waals surface area contributed by atoms with Crippen molar-refractivity contribution < 1.29 is 4.79 Å². The topological polar surface area (TPSA) is 85.8 Å². The summed E-state index contributed by atoms with van der Waals surface area (Å²) in [6, 6.07) is 22.9. The minimum absolute atomic E-state index is 0.168. The van der Waals surface area contributed by atoms with Crippen LogP contribution in [0.5, 0.6) is 0 Å². The molecule has 0 aliphatic heterocycles. The maximum Gasteiger partial charge on any atom is 0.234 e. The Morgan fingerprint density at radius 3 is 2.53 bits per heavy atom.